The van der Waals surface area contributed by atoms with Gasteiger partial charge in [0.05, 0.1) is 13.2 Å². The van der Waals surface area contributed by atoms with Crippen molar-refractivity contribution in [2.75, 3.05) is 33.4 Å². The standard InChI is InChI=1S/C19H30N2O3.ClH/c1-15-16(2)21(12-11-20-15)19(22)5-4-13-24-18-8-6-17(7-9-18)10-14-23-3;/h6-9,15-16,20H,4-5,10-14H2,1-3H3;1H. The Morgan fingerprint density at radius 3 is 2.64 bits per heavy atom. The van der Waals surface area contributed by atoms with Crippen molar-refractivity contribution >= 4 is 18.3 Å². The summed E-state index contributed by atoms with van der Waals surface area (Å²) in [5.41, 5.74) is 1.24. The molecule has 5 nitrogen and oxygen atoms in total. The number of nitrogens with zero attached hydrogens (tertiary/aromatic N) is 1. The minimum absolute atomic E-state index is 0. The number of methoxy groups -OCH3 is 1. The summed E-state index contributed by atoms with van der Waals surface area (Å²) >= 11 is 0. The first kappa shape index (κ1) is 21.7. The zero-order chi connectivity index (χ0) is 17.4. The quantitative estimate of drug-likeness (QED) is 0.715. The summed E-state index contributed by atoms with van der Waals surface area (Å²) in [6.07, 6.45) is 2.20. The summed E-state index contributed by atoms with van der Waals surface area (Å²) in [4.78, 5) is 14.3. The van der Waals surface area contributed by atoms with Crippen LogP contribution in [0, 0.1) is 0 Å². The lowest BCUT2D eigenvalue weighted by Gasteiger charge is -2.38. The molecular weight excluding hydrogens is 340 g/mol. The topological polar surface area (TPSA) is 50.8 Å². The van der Waals surface area contributed by atoms with Crippen LogP contribution < -0.4 is 10.1 Å². The van der Waals surface area contributed by atoms with E-state index in [9.17, 15) is 4.79 Å². The number of ether oxygens (including phenoxy) is 2. The first-order chi connectivity index (χ1) is 11.6. The number of piperazine rings is 1. The lowest BCUT2D eigenvalue weighted by Crippen LogP contribution is -2.57. The van der Waals surface area contributed by atoms with Crippen molar-refractivity contribution in [1.29, 1.82) is 0 Å². The van der Waals surface area contributed by atoms with E-state index in [-0.39, 0.29) is 24.4 Å². The smallest absolute Gasteiger partial charge is 0.223 e. The zero-order valence-electron chi connectivity index (χ0n) is 15.5. The minimum atomic E-state index is 0. The first-order valence-corrected chi connectivity index (χ1v) is 8.85. The number of amides is 1. The molecule has 1 aliphatic heterocycles. The van der Waals surface area contributed by atoms with Gasteiger partial charge in [0, 0.05) is 38.7 Å². The molecule has 0 radical (unpaired) electrons. The fourth-order valence-electron chi connectivity index (χ4n) is 2.94. The van der Waals surface area contributed by atoms with E-state index in [0.29, 0.717) is 19.1 Å². The summed E-state index contributed by atoms with van der Waals surface area (Å²) in [6, 6.07) is 8.69. The van der Waals surface area contributed by atoms with Crippen molar-refractivity contribution < 1.29 is 14.3 Å². The van der Waals surface area contributed by atoms with Crippen LogP contribution in [-0.4, -0.2) is 56.3 Å². The SMILES string of the molecule is COCCc1ccc(OCCCC(=O)N2CCNC(C)C2C)cc1.Cl. The van der Waals surface area contributed by atoms with Gasteiger partial charge in [-0.05, 0) is 44.4 Å². The number of nitrogens with one attached hydrogen (secondary N) is 1. The summed E-state index contributed by atoms with van der Waals surface area (Å²) in [7, 11) is 1.71. The van der Waals surface area contributed by atoms with Gasteiger partial charge in [0.1, 0.15) is 5.75 Å². The Hall–Kier alpha value is -1.30. The van der Waals surface area contributed by atoms with E-state index < -0.39 is 0 Å². The van der Waals surface area contributed by atoms with Crippen LogP contribution in [0.2, 0.25) is 0 Å². The molecule has 2 rings (SSSR count). The summed E-state index contributed by atoms with van der Waals surface area (Å²) in [5, 5.41) is 3.40. The molecule has 2 atom stereocenters. The van der Waals surface area contributed by atoms with Crippen LogP contribution in [0.25, 0.3) is 0 Å². The molecular formula is C19H31ClN2O3. The van der Waals surface area contributed by atoms with Gasteiger partial charge < -0.3 is 19.7 Å². The fraction of sp³-hybridized carbons (Fsp3) is 0.632. The minimum Gasteiger partial charge on any atom is -0.494 e. The Morgan fingerprint density at radius 1 is 1.24 bits per heavy atom. The molecule has 1 amide bonds. The molecule has 1 fully saturated rings. The van der Waals surface area contributed by atoms with Gasteiger partial charge in [-0.1, -0.05) is 12.1 Å². The molecule has 1 heterocycles. The maximum absolute atomic E-state index is 12.3. The van der Waals surface area contributed by atoms with Crippen LogP contribution in [0.3, 0.4) is 0 Å². The highest BCUT2D eigenvalue weighted by molar-refractivity contribution is 5.85. The maximum atomic E-state index is 12.3. The molecule has 1 saturated heterocycles. The second-order valence-corrected chi connectivity index (χ2v) is 6.41. The maximum Gasteiger partial charge on any atom is 0.223 e. The Morgan fingerprint density at radius 2 is 1.96 bits per heavy atom. The van der Waals surface area contributed by atoms with Crippen LogP contribution in [0.15, 0.2) is 24.3 Å². The van der Waals surface area contributed by atoms with Crippen LogP contribution in [0.4, 0.5) is 0 Å². The first-order valence-electron chi connectivity index (χ1n) is 8.85. The normalized spacial score (nSPS) is 20.0. The van der Waals surface area contributed by atoms with Gasteiger partial charge in [-0.3, -0.25) is 4.79 Å². The lowest BCUT2D eigenvalue weighted by atomic mass is 10.1. The summed E-state index contributed by atoms with van der Waals surface area (Å²) < 4.78 is 10.8. The number of carbonyl (C=O) groups excluding carboxylic acids is 1. The molecule has 1 aromatic carbocycles. The van der Waals surface area contributed by atoms with E-state index in [1.54, 1.807) is 7.11 Å². The lowest BCUT2D eigenvalue weighted by molar-refractivity contribution is -0.135. The Balaban J connectivity index is 0.00000312. The molecule has 1 N–H and O–H groups in total. The number of hydrogen-bond donors (Lipinski definition) is 1. The van der Waals surface area contributed by atoms with Crippen LogP contribution in [0.1, 0.15) is 32.3 Å². The van der Waals surface area contributed by atoms with Crippen LogP contribution in [0.5, 0.6) is 5.75 Å². The van der Waals surface area contributed by atoms with Crippen molar-refractivity contribution in [1.82, 2.24) is 10.2 Å². The molecule has 1 aliphatic rings. The van der Waals surface area contributed by atoms with Gasteiger partial charge in [-0.15, -0.1) is 12.4 Å². The van der Waals surface area contributed by atoms with Crippen LogP contribution in [-0.2, 0) is 16.0 Å². The molecule has 25 heavy (non-hydrogen) atoms. The van der Waals surface area contributed by atoms with Gasteiger partial charge in [-0.25, -0.2) is 0 Å². The third kappa shape index (κ3) is 6.84. The number of rotatable bonds is 8. The van der Waals surface area contributed by atoms with Crippen molar-refractivity contribution in [3.8, 4) is 5.75 Å². The molecule has 1 aromatic rings. The molecule has 0 saturated carbocycles. The number of hydrogen-bond acceptors (Lipinski definition) is 4. The number of benzene rings is 1. The third-order valence-electron chi connectivity index (χ3n) is 4.68. The van der Waals surface area contributed by atoms with E-state index in [1.807, 2.05) is 17.0 Å². The van der Waals surface area contributed by atoms with Gasteiger partial charge in [0.25, 0.3) is 0 Å². The molecule has 0 aliphatic carbocycles. The summed E-state index contributed by atoms with van der Waals surface area (Å²) in [6.45, 7) is 7.21. The van der Waals surface area contributed by atoms with Crippen molar-refractivity contribution in [3.05, 3.63) is 29.8 Å². The molecule has 0 bridgehead atoms. The van der Waals surface area contributed by atoms with Crippen molar-refractivity contribution in [2.24, 2.45) is 0 Å². The van der Waals surface area contributed by atoms with Gasteiger partial charge in [0.15, 0.2) is 0 Å². The second-order valence-electron chi connectivity index (χ2n) is 6.41. The van der Waals surface area contributed by atoms with E-state index in [0.717, 1.165) is 38.3 Å². The van der Waals surface area contributed by atoms with E-state index in [4.69, 9.17) is 9.47 Å². The average molecular weight is 371 g/mol. The molecule has 142 valence electrons. The highest BCUT2D eigenvalue weighted by atomic mass is 35.5. The predicted molar refractivity (Wildman–Crippen MR) is 103 cm³/mol. The second kappa shape index (κ2) is 11.3. The number of carbonyl (C=O) groups is 1. The number of halogens is 1. The fourth-order valence-corrected chi connectivity index (χ4v) is 2.94. The van der Waals surface area contributed by atoms with Crippen LogP contribution >= 0.6 is 12.4 Å². The Kier molecular flexibility index (Phi) is 9.86. The molecule has 6 heteroatoms. The molecule has 2 unspecified atom stereocenters. The van der Waals surface area contributed by atoms with Gasteiger partial charge >= 0.3 is 0 Å². The largest absolute Gasteiger partial charge is 0.494 e. The molecule has 0 aromatic heterocycles. The monoisotopic (exact) mass is 370 g/mol. The molecule has 0 spiro atoms. The van der Waals surface area contributed by atoms with Crippen molar-refractivity contribution in [2.45, 2.75) is 45.2 Å². The van der Waals surface area contributed by atoms with Crippen molar-refractivity contribution in [3.63, 3.8) is 0 Å². The highest BCUT2D eigenvalue weighted by Gasteiger charge is 2.27. The van der Waals surface area contributed by atoms with Gasteiger partial charge in [0.2, 0.25) is 5.91 Å². The van der Waals surface area contributed by atoms with E-state index >= 15 is 0 Å². The zero-order valence-corrected chi connectivity index (χ0v) is 16.3. The Bertz CT molecular complexity index is 510. The van der Waals surface area contributed by atoms with E-state index in [1.165, 1.54) is 5.56 Å². The Labute approximate surface area is 157 Å². The summed E-state index contributed by atoms with van der Waals surface area (Å²) in [5.74, 6) is 1.09. The van der Waals surface area contributed by atoms with E-state index in [2.05, 4.69) is 31.3 Å². The average Bonchev–Trinajstić information content (AvgIpc) is 2.60. The third-order valence-corrected chi connectivity index (χ3v) is 4.68. The van der Waals surface area contributed by atoms with Gasteiger partial charge in [-0.2, -0.15) is 0 Å². The predicted octanol–water partition coefficient (Wildman–Crippen LogP) is 2.67. The highest BCUT2D eigenvalue weighted by Crippen LogP contribution is 2.14.